The molecule has 1 aliphatic carbocycles. The summed E-state index contributed by atoms with van der Waals surface area (Å²) in [7, 11) is 0. The number of hydrogen-bond acceptors (Lipinski definition) is 3. The Morgan fingerprint density at radius 3 is 2.20 bits per heavy atom. The molecule has 4 aromatic rings. The van der Waals surface area contributed by atoms with Crippen LogP contribution in [0.4, 0.5) is 8.78 Å². The molecule has 3 atom stereocenters. The third-order valence-corrected chi connectivity index (χ3v) is 7.45. The van der Waals surface area contributed by atoms with Crippen molar-refractivity contribution in [3.8, 4) is 11.1 Å². The van der Waals surface area contributed by atoms with Crippen LogP contribution in [0.3, 0.4) is 0 Å². The van der Waals surface area contributed by atoms with Gasteiger partial charge < -0.3 is 15.7 Å². The fraction of sp³-hybridized carbons (Fsp3) is 0.286. The second kappa shape index (κ2) is 11.9. The van der Waals surface area contributed by atoms with E-state index in [1.807, 2.05) is 18.2 Å². The van der Waals surface area contributed by atoms with Crippen LogP contribution in [0.5, 0.6) is 0 Å². The van der Waals surface area contributed by atoms with Crippen LogP contribution >= 0.6 is 0 Å². The van der Waals surface area contributed by atoms with E-state index in [9.17, 15) is 18.7 Å². The number of fused-ring (bicyclic) bond motifs is 3. The molecule has 0 aromatic heterocycles. The maximum absolute atomic E-state index is 14.0. The predicted octanol–water partition coefficient (Wildman–Crippen LogP) is 6.62. The van der Waals surface area contributed by atoms with Gasteiger partial charge in [0.05, 0.1) is 18.2 Å². The first kappa shape index (κ1) is 28.7. The summed E-state index contributed by atoms with van der Waals surface area (Å²) in [5.74, 6) is -1.77. The summed E-state index contributed by atoms with van der Waals surface area (Å²) >= 11 is 0. The van der Waals surface area contributed by atoms with Crippen LogP contribution in [0, 0.1) is 17.0 Å². The van der Waals surface area contributed by atoms with Crippen molar-refractivity contribution in [2.24, 2.45) is 5.41 Å². The summed E-state index contributed by atoms with van der Waals surface area (Å²) in [5.41, 5.74) is 6.76. The second-order valence-electron chi connectivity index (χ2n) is 12.1. The number of carbonyl (C=O) groups is 1. The molecule has 0 saturated heterocycles. The lowest BCUT2D eigenvalue weighted by atomic mass is 9.87. The minimum atomic E-state index is -1.04. The van der Waals surface area contributed by atoms with E-state index < -0.39 is 23.8 Å². The molecule has 0 bridgehead atoms. The van der Waals surface area contributed by atoms with Gasteiger partial charge >= 0.3 is 0 Å². The Morgan fingerprint density at radius 2 is 1.49 bits per heavy atom. The van der Waals surface area contributed by atoms with Crippen molar-refractivity contribution in [1.29, 1.82) is 0 Å². The largest absolute Gasteiger partial charge is 0.390 e. The highest BCUT2D eigenvalue weighted by atomic mass is 19.1. The number of aliphatic hydroxyl groups is 1. The molecule has 4 aromatic carbocycles. The van der Waals surface area contributed by atoms with Gasteiger partial charge in [-0.2, -0.15) is 0 Å². The molecule has 3 N–H and O–H groups in total. The molecule has 1 unspecified atom stereocenters. The van der Waals surface area contributed by atoms with Gasteiger partial charge in [-0.15, -0.1) is 0 Å². The van der Waals surface area contributed by atoms with Crippen molar-refractivity contribution < 1.29 is 18.7 Å². The fourth-order valence-corrected chi connectivity index (χ4v) is 5.69. The molecule has 0 radical (unpaired) electrons. The van der Waals surface area contributed by atoms with Gasteiger partial charge in [-0.05, 0) is 75.9 Å². The third kappa shape index (κ3) is 6.89. The van der Waals surface area contributed by atoms with E-state index in [4.69, 9.17) is 0 Å². The number of carbonyl (C=O) groups excluding carboxylic acids is 1. The molecule has 6 heteroatoms. The zero-order chi connectivity index (χ0) is 29.1. The van der Waals surface area contributed by atoms with Crippen molar-refractivity contribution >= 4 is 5.91 Å². The molecular formula is C35H36F2N2O2. The van der Waals surface area contributed by atoms with E-state index in [-0.39, 0.29) is 30.3 Å². The van der Waals surface area contributed by atoms with Gasteiger partial charge in [0.15, 0.2) is 0 Å². The van der Waals surface area contributed by atoms with Gasteiger partial charge in [0, 0.05) is 18.2 Å². The van der Waals surface area contributed by atoms with Crippen LogP contribution in [0.25, 0.3) is 11.1 Å². The standard InChI is InChI=1S/C35H36F2N2O2/c1-35(2,3)20-22-13-14-28-27-11-7-8-12-29(27)33(30(28)17-22)38-21-32(40)31(18-23-15-25(36)19-26(37)16-23)39-34(41)24-9-5-4-6-10-24/h4-17,19,31-33,38,40H,18,20-21H2,1-3H3,(H,39,41)/t31-,32+,33?/m0/s1. The Kier molecular flexibility index (Phi) is 8.34. The van der Waals surface area contributed by atoms with Crippen LogP contribution in [0.15, 0.2) is 91.0 Å². The van der Waals surface area contributed by atoms with Crippen molar-refractivity contribution in [2.45, 2.75) is 51.8 Å². The number of halogens is 2. The molecule has 0 spiro atoms. The fourth-order valence-electron chi connectivity index (χ4n) is 5.69. The number of amides is 1. The molecular weight excluding hydrogens is 518 g/mol. The van der Waals surface area contributed by atoms with Gasteiger partial charge in [-0.25, -0.2) is 8.78 Å². The first-order chi connectivity index (χ1) is 19.6. The lowest BCUT2D eigenvalue weighted by molar-refractivity contribution is 0.0827. The molecule has 41 heavy (non-hydrogen) atoms. The quantitative estimate of drug-likeness (QED) is 0.218. The van der Waals surface area contributed by atoms with Crippen LogP contribution in [0.2, 0.25) is 0 Å². The van der Waals surface area contributed by atoms with E-state index >= 15 is 0 Å². The van der Waals surface area contributed by atoms with Gasteiger partial charge in [0.1, 0.15) is 11.6 Å². The van der Waals surface area contributed by atoms with Crippen LogP contribution in [-0.2, 0) is 12.8 Å². The molecule has 0 aliphatic heterocycles. The monoisotopic (exact) mass is 554 g/mol. The molecule has 0 heterocycles. The number of nitrogens with one attached hydrogen (secondary N) is 2. The summed E-state index contributed by atoms with van der Waals surface area (Å²) < 4.78 is 27.9. The Hall–Kier alpha value is -3.87. The molecule has 212 valence electrons. The maximum atomic E-state index is 14.0. The smallest absolute Gasteiger partial charge is 0.251 e. The summed E-state index contributed by atoms with van der Waals surface area (Å²) in [5, 5.41) is 17.8. The number of hydrogen-bond donors (Lipinski definition) is 3. The SMILES string of the molecule is CC(C)(C)Cc1ccc2c(c1)C(NC[C@@H](O)[C@H](Cc1cc(F)cc(F)c1)NC(=O)c1ccccc1)c1ccccc1-2. The molecule has 0 fully saturated rings. The third-order valence-electron chi connectivity index (χ3n) is 7.45. The summed E-state index contributed by atoms with van der Waals surface area (Å²) in [6.45, 7) is 6.81. The first-order valence-corrected chi connectivity index (χ1v) is 14.0. The Bertz CT molecular complexity index is 1510. The Balaban J connectivity index is 1.39. The minimum absolute atomic E-state index is 0.0592. The zero-order valence-electron chi connectivity index (χ0n) is 23.6. The number of aliphatic hydroxyl groups excluding tert-OH is 1. The highest BCUT2D eigenvalue weighted by Gasteiger charge is 2.31. The molecule has 5 rings (SSSR count). The molecule has 0 saturated carbocycles. The van der Waals surface area contributed by atoms with E-state index in [2.05, 4.69) is 61.7 Å². The van der Waals surface area contributed by atoms with Gasteiger partial charge in [0.2, 0.25) is 0 Å². The van der Waals surface area contributed by atoms with E-state index in [0.717, 1.165) is 34.7 Å². The molecule has 4 nitrogen and oxygen atoms in total. The lowest BCUT2D eigenvalue weighted by Gasteiger charge is -2.27. The van der Waals surface area contributed by atoms with E-state index in [0.29, 0.717) is 11.1 Å². The number of benzene rings is 4. The molecule has 1 aliphatic rings. The molecule has 1 amide bonds. The average Bonchev–Trinajstić information content (AvgIpc) is 3.23. The zero-order valence-corrected chi connectivity index (χ0v) is 23.6. The second-order valence-corrected chi connectivity index (χ2v) is 12.1. The van der Waals surface area contributed by atoms with Gasteiger partial charge in [-0.3, -0.25) is 4.79 Å². The van der Waals surface area contributed by atoms with Crippen LogP contribution in [-0.4, -0.2) is 29.7 Å². The average molecular weight is 555 g/mol. The van der Waals surface area contributed by atoms with Crippen LogP contribution in [0.1, 0.15) is 59.4 Å². The van der Waals surface area contributed by atoms with Crippen molar-refractivity contribution in [3.63, 3.8) is 0 Å². The topological polar surface area (TPSA) is 61.4 Å². The summed E-state index contributed by atoms with van der Waals surface area (Å²) in [6.07, 6.45) is -0.0454. The van der Waals surface area contributed by atoms with Crippen molar-refractivity contribution in [1.82, 2.24) is 10.6 Å². The normalized spacial score (nSPS) is 15.6. The Morgan fingerprint density at radius 1 is 0.829 bits per heavy atom. The van der Waals surface area contributed by atoms with E-state index in [1.165, 1.54) is 17.7 Å². The van der Waals surface area contributed by atoms with Crippen molar-refractivity contribution in [3.05, 3.63) is 130 Å². The number of rotatable bonds is 9. The highest BCUT2D eigenvalue weighted by molar-refractivity contribution is 5.94. The van der Waals surface area contributed by atoms with Crippen molar-refractivity contribution in [2.75, 3.05) is 6.54 Å². The van der Waals surface area contributed by atoms with Crippen LogP contribution < -0.4 is 10.6 Å². The van der Waals surface area contributed by atoms with Gasteiger partial charge in [0.25, 0.3) is 5.91 Å². The highest BCUT2D eigenvalue weighted by Crippen LogP contribution is 2.44. The predicted molar refractivity (Wildman–Crippen MR) is 159 cm³/mol. The summed E-state index contributed by atoms with van der Waals surface area (Å²) in [4.78, 5) is 13.0. The lowest BCUT2D eigenvalue weighted by Crippen LogP contribution is -2.49. The minimum Gasteiger partial charge on any atom is -0.390 e. The first-order valence-electron chi connectivity index (χ1n) is 14.0. The summed E-state index contributed by atoms with van der Waals surface area (Å²) in [6, 6.07) is 25.8. The Labute approximate surface area is 240 Å². The maximum Gasteiger partial charge on any atom is 0.251 e. The van der Waals surface area contributed by atoms with E-state index in [1.54, 1.807) is 24.3 Å². The van der Waals surface area contributed by atoms with Gasteiger partial charge in [-0.1, -0.05) is 81.4 Å².